The highest BCUT2D eigenvalue weighted by molar-refractivity contribution is 5.84. The molecule has 3 heterocycles. The van der Waals surface area contributed by atoms with Gasteiger partial charge in [0.15, 0.2) is 5.82 Å². The highest BCUT2D eigenvalue weighted by Crippen LogP contribution is 2.25. The van der Waals surface area contributed by atoms with Gasteiger partial charge in [-0.2, -0.15) is 0 Å². The van der Waals surface area contributed by atoms with Crippen molar-refractivity contribution in [2.45, 2.75) is 32.5 Å². The molecule has 4 rings (SSSR count). The lowest BCUT2D eigenvalue weighted by atomic mass is 9.92. The fraction of sp³-hybridized carbons (Fsp3) is 0.333. The minimum absolute atomic E-state index is 0.0625. The summed E-state index contributed by atoms with van der Waals surface area (Å²) in [5.74, 6) is -0.711. The monoisotopic (exact) mass is 477 g/mol. The Morgan fingerprint density at radius 2 is 2.06 bits per heavy atom. The number of nitrogens with one attached hydrogen (secondary N) is 1. The summed E-state index contributed by atoms with van der Waals surface area (Å²) in [4.78, 5) is 18.9. The SMILES string of the molecule is C=C/C(=C(\C)NCc1ccc2ccc(-c3ccn(C)c(=O)c3F)cc2n1)N1C[C@@H](N)[C@H](O)[C@@H](C)C1. The number of allylic oxidation sites excluding steroid dienone is 2. The van der Waals surface area contributed by atoms with Gasteiger partial charge in [0.1, 0.15) is 0 Å². The van der Waals surface area contributed by atoms with Crippen molar-refractivity contribution < 1.29 is 9.50 Å². The van der Waals surface area contributed by atoms with E-state index in [2.05, 4.69) is 16.8 Å². The van der Waals surface area contributed by atoms with Gasteiger partial charge >= 0.3 is 0 Å². The number of hydrogen-bond acceptors (Lipinski definition) is 6. The lowest BCUT2D eigenvalue weighted by Crippen LogP contribution is -2.55. The van der Waals surface area contributed by atoms with E-state index in [4.69, 9.17) is 10.7 Å². The van der Waals surface area contributed by atoms with Crippen molar-refractivity contribution >= 4 is 10.9 Å². The smallest absolute Gasteiger partial charge is 0.286 e. The number of aliphatic hydroxyl groups excluding tert-OH is 1. The Balaban J connectivity index is 1.56. The van der Waals surface area contributed by atoms with Crippen LogP contribution in [-0.2, 0) is 13.6 Å². The number of nitrogens with two attached hydrogens (primary N) is 1. The first-order valence-corrected chi connectivity index (χ1v) is 11.7. The molecule has 8 heteroatoms. The maximum absolute atomic E-state index is 14.6. The van der Waals surface area contributed by atoms with Gasteiger partial charge in [0.05, 0.1) is 29.6 Å². The topological polar surface area (TPSA) is 96.4 Å². The molecule has 1 saturated heterocycles. The van der Waals surface area contributed by atoms with E-state index in [0.29, 0.717) is 25.2 Å². The third kappa shape index (κ3) is 4.99. The lowest BCUT2D eigenvalue weighted by molar-refractivity contribution is 0.0304. The largest absolute Gasteiger partial charge is 0.391 e. The molecule has 1 aliphatic heterocycles. The Labute approximate surface area is 204 Å². The fourth-order valence-corrected chi connectivity index (χ4v) is 4.59. The second-order valence-corrected chi connectivity index (χ2v) is 9.27. The highest BCUT2D eigenvalue weighted by atomic mass is 19.1. The molecule has 1 aromatic carbocycles. The number of halogens is 1. The normalized spacial score (nSPS) is 21.1. The van der Waals surface area contributed by atoms with Crippen LogP contribution in [0.2, 0.25) is 0 Å². The molecule has 0 radical (unpaired) electrons. The van der Waals surface area contributed by atoms with E-state index in [0.717, 1.165) is 28.0 Å². The summed E-state index contributed by atoms with van der Waals surface area (Å²) in [6, 6.07) is 10.7. The predicted molar refractivity (Wildman–Crippen MR) is 137 cm³/mol. The first-order chi connectivity index (χ1) is 16.7. The van der Waals surface area contributed by atoms with Gasteiger partial charge in [-0.3, -0.25) is 9.78 Å². The zero-order valence-corrected chi connectivity index (χ0v) is 20.3. The summed E-state index contributed by atoms with van der Waals surface area (Å²) in [5.41, 5.74) is 9.76. The van der Waals surface area contributed by atoms with Crippen molar-refractivity contribution in [3.8, 4) is 11.1 Å². The molecular formula is C27H32FN5O2. The minimum atomic E-state index is -0.774. The number of nitrogens with zero attached hydrogens (tertiary/aromatic N) is 3. The number of aliphatic hydroxyl groups is 1. The van der Waals surface area contributed by atoms with E-state index in [-0.39, 0.29) is 17.5 Å². The summed E-state index contributed by atoms with van der Waals surface area (Å²) in [6.45, 7) is 9.69. The van der Waals surface area contributed by atoms with Crippen LogP contribution in [0.4, 0.5) is 4.39 Å². The first-order valence-electron chi connectivity index (χ1n) is 11.7. The van der Waals surface area contributed by atoms with Crippen LogP contribution in [0.15, 0.2) is 71.4 Å². The summed E-state index contributed by atoms with van der Waals surface area (Å²) in [7, 11) is 1.52. The summed E-state index contributed by atoms with van der Waals surface area (Å²) in [5, 5.41) is 14.5. The molecular weight excluding hydrogens is 445 g/mol. The van der Waals surface area contributed by atoms with E-state index >= 15 is 0 Å². The van der Waals surface area contributed by atoms with Crippen LogP contribution in [0.3, 0.4) is 0 Å². The van der Waals surface area contributed by atoms with Gasteiger partial charge in [0.25, 0.3) is 5.56 Å². The quantitative estimate of drug-likeness (QED) is 0.473. The first kappa shape index (κ1) is 24.6. The van der Waals surface area contributed by atoms with Crippen LogP contribution in [0.25, 0.3) is 22.0 Å². The number of fused-ring (bicyclic) bond motifs is 1. The molecule has 2 aromatic heterocycles. The molecule has 0 bridgehead atoms. The van der Waals surface area contributed by atoms with E-state index in [1.807, 2.05) is 32.0 Å². The average Bonchev–Trinajstić information content (AvgIpc) is 2.84. The molecule has 1 fully saturated rings. The van der Waals surface area contributed by atoms with E-state index in [1.54, 1.807) is 30.5 Å². The molecule has 4 N–H and O–H groups in total. The third-order valence-corrected chi connectivity index (χ3v) is 6.68. The number of aromatic nitrogens is 2. The molecule has 1 aliphatic rings. The number of likely N-dealkylation sites (tertiary alicyclic amines) is 1. The Morgan fingerprint density at radius 3 is 2.77 bits per heavy atom. The Bertz CT molecular complexity index is 1340. The van der Waals surface area contributed by atoms with Gasteiger partial charge in [-0.15, -0.1) is 0 Å². The number of rotatable bonds is 6. The number of piperidine rings is 1. The fourth-order valence-electron chi connectivity index (χ4n) is 4.59. The van der Waals surface area contributed by atoms with Crippen LogP contribution < -0.4 is 16.6 Å². The van der Waals surface area contributed by atoms with E-state index in [1.165, 1.54) is 11.6 Å². The van der Waals surface area contributed by atoms with Crippen molar-refractivity contribution in [2.24, 2.45) is 18.7 Å². The molecule has 0 amide bonds. The van der Waals surface area contributed by atoms with Gasteiger partial charge < -0.3 is 25.6 Å². The molecule has 7 nitrogen and oxygen atoms in total. The zero-order valence-electron chi connectivity index (χ0n) is 20.3. The number of aryl methyl sites for hydroxylation is 1. The average molecular weight is 478 g/mol. The van der Waals surface area contributed by atoms with Crippen LogP contribution in [0, 0.1) is 11.7 Å². The molecule has 3 aromatic rings. The van der Waals surface area contributed by atoms with Crippen molar-refractivity contribution in [1.82, 2.24) is 19.8 Å². The van der Waals surface area contributed by atoms with E-state index < -0.39 is 17.5 Å². The van der Waals surface area contributed by atoms with Crippen molar-refractivity contribution in [3.05, 3.63) is 88.5 Å². The minimum Gasteiger partial charge on any atom is -0.391 e. The van der Waals surface area contributed by atoms with Gasteiger partial charge in [-0.05, 0) is 36.8 Å². The van der Waals surface area contributed by atoms with Gasteiger partial charge in [-0.1, -0.05) is 31.7 Å². The van der Waals surface area contributed by atoms with Gasteiger partial charge in [0.2, 0.25) is 0 Å². The molecule has 35 heavy (non-hydrogen) atoms. The molecule has 3 atom stereocenters. The number of benzene rings is 1. The summed E-state index contributed by atoms with van der Waals surface area (Å²) < 4.78 is 15.8. The third-order valence-electron chi connectivity index (χ3n) is 6.68. The second kappa shape index (κ2) is 10.0. The summed E-state index contributed by atoms with van der Waals surface area (Å²) >= 11 is 0. The highest BCUT2D eigenvalue weighted by Gasteiger charge is 2.31. The maximum atomic E-state index is 14.6. The van der Waals surface area contributed by atoms with Crippen LogP contribution in [0.5, 0.6) is 0 Å². The standard InChI is InChI=1S/C27H32FN5O2/c1-5-24(33-14-16(2)26(34)22(29)15-33)17(3)30-13-20-9-8-18-6-7-19(12-23(18)31-20)21-10-11-32(4)27(35)25(21)28/h5-12,16,22,26,30,34H,1,13-15,29H2,2-4H3/b24-17-/t16-,22+,26+/m0/s1. The molecule has 184 valence electrons. The molecule has 0 spiro atoms. The molecule has 0 aliphatic carbocycles. The van der Waals surface area contributed by atoms with Gasteiger partial charge in [0, 0.05) is 54.9 Å². The van der Waals surface area contributed by atoms with Crippen molar-refractivity contribution in [2.75, 3.05) is 13.1 Å². The lowest BCUT2D eigenvalue weighted by Gasteiger charge is -2.41. The van der Waals surface area contributed by atoms with E-state index in [9.17, 15) is 14.3 Å². The molecule has 0 saturated carbocycles. The Kier molecular flexibility index (Phi) is 7.05. The Morgan fingerprint density at radius 1 is 1.31 bits per heavy atom. The maximum Gasteiger partial charge on any atom is 0.286 e. The van der Waals surface area contributed by atoms with Crippen LogP contribution >= 0.6 is 0 Å². The zero-order chi connectivity index (χ0) is 25.3. The van der Waals surface area contributed by atoms with Crippen LogP contribution in [0.1, 0.15) is 19.5 Å². The summed E-state index contributed by atoms with van der Waals surface area (Å²) in [6.07, 6.45) is 2.85. The molecule has 0 unspecified atom stereocenters. The van der Waals surface area contributed by atoms with Crippen molar-refractivity contribution in [1.29, 1.82) is 0 Å². The van der Waals surface area contributed by atoms with Gasteiger partial charge in [-0.25, -0.2) is 4.39 Å². The van der Waals surface area contributed by atoms with Crippen molar-refractivity contribution in [3.63, 3.8) is 0 Å². The number of pyridine rings is 2. The Hall–Kier alpha value is -3.49. The predicted octanol–water partition coefficient (Wildman–Crippen LogP) is 2.89. The second-order valence-electron chi connectivity index (χ2n) is 9.27. The van der Waals surface area contributed by atoms with Crippen LogP contribution in [-0.4, -0.2) is 44.8 Å². The number of hydrogen-bond donors (Lipinski definition) is 3.